The summed E-state index contributed by atoms with van der Waals surface area (Å²) in [7, 11) is 0. The maximum absolute atomic E-state index is 12.9. The summed E-state index contributed by atoms with van der Waals surface area (Å²) < 4.78 is 1.28. The molecule has 28 heavy (non-hydrogen) atoms. The van der Waals surface area contributed by atoms with Crippen LogP contribution >= 0.6 is 0 Å². The van der Waals surface area contributed by atoms with Crippen LogP contribution in [-0.2, 0) is 19.2 Å². The van der Waals surface area contributed by atoms with Gasteiger partial charge in [0, 0.05) is 35.5 Å². The van der Waals surface area contributed by atoms with Gasteiger partial charge in [-0.15, -0.1) is 4.58 Å². The van der Waals surface area contributed by atoms with Gasteiger partial charge in [-0.25, -0.2) is 0 Å². The minimum absolute atomic E-state index is 0.0321. The molecule has 6 heteroatoms. The smallest absolute Gasteiger partial charge is 0.321 e. The van der Waals surface area contributed by atoms with Gasteiger partial charge in [-0.2, -0.15) is 4.79 Å². The van der Waals surface area contributed by atoms with Crippen molar-refractivity contribution >= 4 is 23.4 Å². The lowest BCUT2D eigenvalue weighted by molar-refractivity contribution is -0.551. The van der Waals surface area contributed by atoms with Gasteiger partial charge in [-0.05, 0) is 0 Å². The van der Waals surface area contributed by atoms with Crippen LogP contribution in [0, 0.1) is 16.2 Å². The predicted octanol–water partition coefficient (Wildman–Crippen LogP) is 3.05. The van der Waals surface area contributed by atoms with E-state index in [2.05, 4.69) is 0 Å². The van der Waals surface area contributed by atoms with Crippen molar-refractivity contribution in [3.05, 3.63) is 0 Å². The van der Waals surface area contributed by atoms with Gasteiger partial charge in [0.1, 0.15) is 5.78 Å². The Bertz CT molecular complexity index is 639. The molecular weight excluding hydrogens is 356 g/mol. The molecule has 0 aliphatic heterocycles. The monoisotopic (exact) mass is 395 g/mol. The summed E-state index contributed by atoms with van der Waals surface area (Å²) in [6.45, 7) is 16.4. The number of nitrogens with zero attached hydrogens (tertiary/aromatic N) is 1. The summed E-state index contributed by atoms with van der Waals surface area (Å²) in [6, 6.07) is -1.49. The predicted molar refractivity (Wildman–Crippen MR) is 110 cm³/mol. The minimum atomic E-state index is -0.763. The second kappa shape index (κ2) is 9.71. The van der Waals surface area contributed by atoms with E-state index in [4.69, 9.17) is 5.73 Å². The molecule has 0 aromatic carbocycles. The molecule has 0 aromatic heterocycles. The molecule has 0 radical (unpaired) electrons. The Labute approximate surface area is 169 Å². The largest absolute Gasteiger partial charge is 0.424 e. The number of nitrogens with two attached hydrogens (primary N) is 1. The molecule has 0 saturated carbocycles. The Morgan fingerprint density at radius 2 is 1.29 bits per heavy atom. The van der Waals surface area contributed by atoms with Gasteiger partial charge in [-0.1, -0.05) is 62.3 Å². The molecule has 0 bridgehead atoms. The van der Waals surface area contributed by atoms with Crippen LogP contribution < -0.4 is 5.73 Å². The molecule has 2 N–H and O–H groups in total. The summed E-state index contributed by atoms with van der Waals surface area (Å²) >= 11 is 0. The number of isocyanates is 1. The molecule has 0 aromatic rings. The topological polar surface area (TPSA) is 97.3 Å². The van der Waals surface area contributed by atoms with E-state index >= 15 is 0 Å². The quantitative estimate of drug-likeness (QED) is 0.368. The van der Waals surface area contributed by atoms with Crippen molar-refractivity contribution in [2.75, 3.05) is 6.54 Å². The van der Waals surface area contributed by atoms with Crippen molar-refractivity contribution in [2.24, 2.45) is 22.0 Å². The first-order chi connectivity index (χ1) is 12.4. The van der Waals surface area contributed by atoms with Crippen molar-refractivity contribution in [1.82, 2.24) is 0 Å². The molecule has 0 aliphatic carbocycles. The number of ketones is 3. The molecule has 2 unspecified atom stereocenters. The van der Waals surface area contributed by atoms with E-state index in [1.807, 2.05) is 26.9 Å². The zero-order valence-electron chi connectivity index (χ0n) is 19.1. The van der Waals surface area contributed by atoms with Gasteiger partial charge in [0.15, 0.2) is 12.3 Å². The van der Waals surface area contributed by atoms with Crippen LogP contribution in [0.15, 0.2) is 0 Å². The van der Waals surface area contributed by atoms with Crippen LogP contribution in [0.1, 0.15) is 81.6 Å². The third-order valence-electron chi connectivity index (χ3n) is 4.77. The molecule has 0 amide bonds. The molecular formula is C22H39N2O4+. The lowest BCUT2D eigenvalue weighted by Crippen LogP contribution is -2.45. The van der Waals surface area contributed by atoms with Gasteiger partial charge in [0.25, 0.3) is 0 Å². The first-order valence-electron chi connectivity index (χ1n) is 9.95. The molecule has 0 fully saturated rings. The van der Waals surface area contributed by atoms with Gasteiger partial charge in [0.2, 0.25) is 11.8 Å². The Morgan fingerprint density at radius 3 is 1.64 bits per heavy atom. The SMILES string of the molecule is CC(C)(C)C(=O)CCC(C(=O)C(C)(C)C)[N+](=C=O)CCC(N)C(=O)C(C)(C)C. The average Bonchev–Trinajstić information content (AvgIpc) is 2.53. The van der Waals surface area contributed by atoms with Crippen LogP contribution in [-0.4, -0.2) is 46.6 Å². The van der Waals surface area contributed by atoms with Crippen LogP contribution in [0.3, 0.4) is 0 Å². The first-order valence-corrected chi connectivity index (χ1v) is 9.95. The Balaban J connectivity index is 5.45. The fraction of sp³-hybridized carbons (Fsp3) is 0.818. The first kappa shape index (κ1) is 26.4. The zero-order valence-corrected chi connectivity index (χ0v) is 19.1. The highest BCUT2D eigenvalue weighted by molar-refractivity contribution is 5.89. The lowest BCUT2D eigenvalue weighted by Gasteiger charge is -2.24. The average molecular weight is 396 g/mol. The second-order valence-corrected chi connectivity index (χ2v) is 10.6. The molecule has 2 atom stereocenters. The van der Waals surface area contributed by atoms with E-state index in [1.54, 1.807) is 41.5 Å². The van der Waals surface area contributed by atoms with Gasteiger partial charge < -0.3 is 5.73 Å². The van der Waals surface area contributed by atoms with Crippen LogP contribution in [0.4, 0.5) is 0 Å². The highest BCUT2D eigenvalue weighted by atomic mass is 16.1. The van der Waals surface area contributed by atoms with E-state index in [-0.39, 0.29) is 43.2 Å². The molecule has 0 aliphatic rings. The maximum atomic E-state index is 12.9. The summed E-state index contributed by atoms with van der Waals surface area (Å²) in [5.74, 6) is -0.196. The van der Waals surface area contributed by atoms with Crippen LogP contribution in [0.25, 0.3) is 0 Å². The minimum Gasteiger partial charge on any atom is -0.321 e. The van der Waals surface area contributed by atoms with E-state index in [0.717, 1.165) is 0 Å². The second-order valence-electron chi connectivity index (χ2n) is 10.6. The number of rotatable bonds is 9. The van der Waals surface area contributed by atoms with E-state index < -0.39 is 28.3 Å². The standard InChI is InChI=1S/C22H39N2O4/c1-20(2,3)17(26)11-10-16(19(28)22(7,8)9)24(14-25)13-12-15(23)18(27)21(4,5)6/h15-16H,10-13,23H2,1-9H3/q+1. The Kier molecular flexibility index (Phi) is 9.14. The van der Waals surface area contributed by atoms with Crippen molar-refractivity contribution in [1.29, 1.82) is 0 Å². The normalized spacial score (nSPS) is 14.8. The van der Waals surface area contributed by atoms with Crippen molar-refractivity contribution in [3.8, 4) is 0 Å². The third-order valence-corrected chi connectivity index (χ3v) is 4.77. The number of carbonyl (C=O) groups is 3. The molecule has 0 spiro atoms. The van der Waals surface area contributed by atoms with E-state index in [1.165, 1.54) is 4.58 Å². The maximum Gasteiger partial charge on any atom is 0.424 e. The van der Waals surface area contributed by atoms with Crippen molar-refractivity contribution in [3.63, 3.8) is 0 Å². The van der Waals surface area contributed by atoms with Gasteiger partial charge >= 0.3 is 6.08 Å². The fourth-order valence-electron chi connectivity index (χ4n) is 2.80. The van der Waals surface area contributed by atoms with Crippen molar-refractivity contribution < 1.29 is 23.8 Å². The van der Waals surface area contributed by atoms with Crippen LogP contribution in [0.2, 0.25) is 0 Å². The molecule has 0 rings (SSSR count). The molecule has 160 valence electrons. The third kappa shape index (κ3) is 8.15. The summed E-state index contributed by atoms with van der Waals surface area (Å²) in [6.07, 6.45) is 2.51. The molecule has 0 saturated heterocycles. The Hall–Kier alpha value is -1.65. The summed E-state index contributed by atoms with van der Waals surface area (Å²) in [5.41, 5.74) is 4.25. The van der Waals surface area contributed by atoms with Crippen molar-refractivity contribution in [2.45, 2.75) is 93.7 Å². The summed E-state index contributed by atoms with van der Waals surface area (Å²) in [5, 5.41) is 0. The van der Waals surface area contributed by atoms with E-state index in [9.17, 15) is 19.2 Å². The zero-order chi connectivity index (χ0) is 22.5. The van der Waals surface area contributed by atoms with Gasteiger partial charge in [0.05, 0.1) is 6.04 Å². The number of hydrogen-bond acceptors (Lipinski definition) is 5. The summed E-state index contributed by atoms with van der Waals surface area (Å²) in [4.78, 5) is 49.2. The number of hydrogen-bond donors (Lipinski definition) is 1. The molecule has 0 heterocycles. The number of carbonyl (C=O) groups excluding carboxylic acids is 4. The van der Waals surface area contributed by atoms with E-state index in [0.29, 0.717) is 0 Å². The molecule has 6 nitrogen and oxygen atoms in total. The number of Topliss-reactive ketones (excluding diaryl/α,β-unsaturated/α-hetero) is 3. The lowest BCUT2D eigenvalue weighted by atomic mass is 9.82. The van der Waals surface area contributed by atoms with Crippen LogP contribution in [0.5, 0.6) is 0 Å². The fourth-order valence-corrected chi connectivity index (χ4v) is 2.80. The highest BCUT2D eigenvalue weighted by Crippen LogP contribution is 2.24. The van der Waals surface area contributed by atoms with Gasteiger partial charge in [-0.3, -0.25) is 14.4 Å². The highest BCUT2D eigenvalue weighted by Gasteiger charge is 2.39. The Morgan fingerprint density at radius 1 is 0.821 bits per heavy atom.